The van der Waals surface area contributed by atoms with Crippen molar-refractivity contribution in [1.82, 2.24) is 9.78 Å². The molecule has 1 aliphatic rings. The molecule has 1 unspecified atom stereocenters. The van der Waals surface area contributed by atoms with Crippen LogP contribution in [0.4, 0.5) is 5.82 Å². The second kappa shape index (κ2) is 5.32. The molecule has 1 saturated heterocycles. The summed E-state index contributed by atoms with van der Waals surface area (Å²) in [5, 5.41) is 16.7. The fraction of sp³-hybridized carbons (Fsp3) is 0.727. The highest BCUT2D eigenvalue weighted by molar-refractivity contribution is 5.38. The van der Waals surface area contributed by atoms with Gasteiger partial charge in [-0.05, 0) is 19.8 Å². The molecule has 1 aromatic heterocycles. The summed E-state index contributed by atoms with van der Waals surface area (Å²) < 4.78 is 7.23. The van der Waals surface area contributed by atoms with Crippen molar-refractivity contribution in [3.05, 3.63) is 11.8 Å². The number of aromatic nitrogens is 2. The Morgan fingerprint density at radius 2 is 2.56 bits per heavy atom. The Kier molecular flexibility index (Phi) is 3.79. The van der Waals surface area contributed by atoms with Gasteiger partial charge in [0.25, 0.3) is 0 Å². The van der Waals surface area contributed by atoms with Crippen molar-refractivity contribution in [2.24, 2.45) is 0 Å². The SMILES string of the molecule is Cc1cc(NC2CCCOC2)n(CCO)n1. The van der Waals surface area contributed by atoms with Crippen molar-refractivity contribution in [2.75, 3.05) is 25.1 Å². The highest BCUT2D eigenvalue weighted by Crippen LogP contribution is 2.15. The maximum atomic E-state index is 8.95. The number of aliphatic hydroxyl groups excluding tert-OH is 1. The maximum Gasteiger partial charge on any atom is 0.124 e. The highest BCUT2D eigenvalue weighted by Gasteiger charge is 2.15. The van der Waals surface area contributed by atoms with Gasteiger partial charge >= 0.3 is 0 Å². The molecule has 1 fully saturated rings. The van der Waals surface area contributed by atoms with E-state index in [4.69, 9.17) is 9.84 Å². The standard InChI is InChI=1S/C11H19N3O2/c1-9-7-11(14(13-9)4-5-15)12-10-3-2-6-16-8-10/h7,10,12,15H,2-6,8H2,1H3. The molecule has 0 aliphatic carbocycles. The zero-order chi connectivity index (χ0) is 11.4. The number of hydrogen-bond acceptors (Lipinski definition) is 4. The topological polar surface area (TPSA) is 59.3 Å². The lowest BCUT2D eigenvalue weighted by Crippen LogP contribution is -2.31. The number of aliphatic hydroxyl groups is 1. The first-order chi connectivity index (χ1) is 7.79. The van der Waals surface area contributed by atoms with Crippen LogP contribution < -0.4 is 5.32 Å². The molecule has 1 aromatic rings. The van der Waals surface area contributed by atoms with E-state index < -0.39 is 0 Å². The number of hydrogen-bond donors (Lipinski definition) is 2. The van der Waals surface area contributed by atoms with Crippen LogP contribution in [0.2, 0.25) is 0 Å². The van der Waals surface area contributed by atoms with Gasteiger partial charge in [0.15, 0.2) is 0 Å². The van der Waals surface area contributed by atoms with Crippen LogP contribution in [0.1, 0.15) is 18.5 Å². The first kappa shape index (κ1) is 11.4. The molecule has 5 heteroatoms. The van der Waals surface area contributed by atoms with E-state index in [0.29, 0.717) is 12.6 Å². The van der Waals surface area contributed by atoms with Crippen LogP contribution in [0.5, 0.6) is 0 Å². The van der Waals surface area contributed by atoms with Crippen molar-refractivity contribution in [3.8, 4) is 0 Å². The lowest BCUT2D eigenvalue weighted by molar-refractivity contribution is 0.0873. The van der Waals surface area contributed by atoms with E-state index in [-0.39, 0.29) is 6.61 Å². The van der Waals surface area contributed by atoms with E-state index in [1.807, 2.05) is 17.7 Å². The van der Waals surface area contributed by atoms with E-state index in [1.54, 1.807) is 0 Å². The summed E-state index contributed by atoms with van der Waals surface area (Å²) >= 11 is 0. The fourth-order valence-electron chi connectivity index (χ4n) is 1.99. The van der Waals surface area contributed by atoms with Gasteiger partial charge in [-0.2, -0.15) is 5.10 Å². The summed E-state index contributed by atoms with van der Waals surface area (Å²) in [7, 11) is 0. The number of anilines is 1. The van der Waals surface area contributed by atoms with E-state index >= 15 is 0 Å². The van der Waals surface area contributed by atoms with Gasteiger partial charge in [0, 0.05) is 12.7 Å². The van der Waals surface area contributed by atoms with E-state index in [2.05, 4.69) is 10.4 Å². The van der Waals surface area contributed by atoms with Crippen LogP contribution in [0, 0.1) is 6.92 Å². The quantitative estimate of drug-likeness (QED) is 0.795. The van der Waals surface area contributed by atoms with Crippen LogP contribution in [0.3, 0.4) is 0 Å². The van der Waals surface area contributed by atoms with Crippen molar-refractivity contribution < 1.29 is 9.84 Å². The summed E-state index contributed by atoms with van der Waals surface area (Å²) in [6, 6.07) is 2.37. The van der Waals surface area contributed by atoms with Gasteiger partial charge in [-0.25, -0.2) is 4.68 Å². The molecule has 0 aromatic carbocycles. The van der Waals surface area contributed by atoms with Crippen LogP contribution in [0.25, 0.3) is 0 Å². The van der Waals surface area contributed by atoms with Gasteiger partial charge in [-0.15, -0.1) is 0 Å². The summed E-state index contributed by atoms with van der Waals surface area (Å²) in [6.07, 6.45) is 2.23. The van der Waals surface area contributed by atoms with Gasteiger partial charge < -0.3 is 15.2 Å². The molecule has 2 rings (SSSR count). The molecule has 0 spiro atoms. The molecule has 0 bridgehead atoms. The van der Waals surface area contributed by atoms with Crippen LogP contribution >= 0.6 is 0 Å². The van der Waals surface area contributed by atoms with E-state index in [1.165, 1.54) is 0 Å². The second-order valence-electron chi connectivity index (χ2n) is 4.18. The molecular weight excluding hydrogens is 206 g/mol. The molecule has 1 aliphatic heterocycles. The Morgan fingerprint density at radius 3 is 3.25 bits per heavy atom. The van der Waals surface area contributed by atoms with Crippen molar-refractivity contribution in [2.45, 2.75) is 32.4 Å². The third-order valence-electron chi connectivity index (χ3n) is 2.73. The summed E-state index contributed by atoms with van der Waals surface area (Å²) in [6.45, 7) is 4.22. The molecule has 0 saturated carbocycles. The minimum Gasteiger partial charge on any atom is -0.394 e. The molecule has 0 amide bonds. The highest BCUT2D eigenvalue weighted by atomic mass is 16.5. The minimum absolute atomic E-state index is 0.108. The number of rotatable bonds is 4. The molecule has 2 heterocycles. The normalized spacial score (nSPS) is 21.0. The summed E-state index contributed by atoms with van der Waals surface area (Å²) in [5.41, 5.74) is 0.965. The van der Waals surface area contributed by atoms with Gasteiger partial charge in [0.05, 0.1) is 31.5 Å². The van der Waals surface area contributed by atoms with E-state index in [0.717, 1.165) is 37.6 Å². The van der Waals surface area contributed by atoms with E-state index in [9.17, 15) is 0 Å². The minimum atomic E-state index is 0.108. The Hall–Kier alpha value is -1.07. The fourth-order valence-corrected chi connectivity index (χ4v) is 1.99. The molecule has 5 nitrogen and oxygen atoms in total. The summed E-state index contributed by atoms with van der Waals surface area (Å²) in [5.74, 6) is 0.974. The molecule has 2 N–H and O–H groups in total. The lowest BCUT2D eigenvalue weighted by Gasteiger charge is -2.24. The number of nitrogens with one attached hydrogen (secondary N) is 1. The molecular formula is C11H19N3O2. The zero-order valence-corrected chi connectivity index (χ0v) is 9.65. The molecule has 0 radical (unpaired) electrons. The van der Waals surface area contributed by atoms with Crippen molar-refractivity contribution in [1.29, 1.82) is 0 Å². The first-order valence-electron chi connectivity index (χ1n) is 5.79. The Labute approximate surface area is 95.4 Å². The Morgan fingerprint density at radius 1 is 1.69 bits per heavy atom. The predicted molar refractivity (Wildman–Crippen MR) is 61.5 cm³/mol. The van der Waals surface area contributed by atoms with Crippen LogP contribution in [-0.2, 0) is 11.3 Å². The first-order valence-corrected chi connectivity index (χ1v) is 5.79. The Bertz CT molecular complexity index is 332. The third kappa shape index (κ3) is 2.74. The molecule has 90 valence electrons. The molecule has 1 atom stereocenters. The van der Waals surface area contributed by atoms with Gasteiger partial charge in [-0.3, -0.25) is 0 Å². The lowest BCUT2D eigenvalue weighted by atomic mass is 10.1. The number of aryl methyl sites for hydroxylation is 1. The van der Waals surface area contributed by atoms with Crippen LogP contribution in [-0.4, -0.2) is 40.7 Å². The molecule has 16 heavy (non-hydrogen) atoms. The van der Waals surface area contributed by atoms with Gasteiger partial charge in [0.1, 0.15) is 5.82 Å². The summed E-state index contributed by atoms with van der Waals surface area (Å²) in [4.78, 5) is 0. The predicted octanol–water partition coefficient (Wildman–Crippen LogP) is 0.775. The largest absolute Gasteiger partial charge is 0.394 e. The second-order valence-corrected chi connectivity index (χ2v) is 4.18. The smallest absolute Gasteiger partial charge is 0.124 e. The van der Waals surface area contributed by atoms with Crippen LogP contribution in [0.15, 0.2) is 6.07 Å². The van der Waals surface area contributed by atoms with Gasteiger partial charge in [-0.1, -0.05) is 0 Å². The number of nitrogens with zero attached hydrogens (tertiary/aromatic N) is 2. The zero-order valence-electron chi connectivity index (χ0n) is 9.65. The average molecular weight is 225 g/mol. The monoisotopic (exact) mass is 225 g/mol. The average Bonchev–Trinajstić information content (AvgIpc) is 2.61. The maximum absolute atomic E-state index is 8.95. The number of ether oxygens (including phenoxy) is 1. The Balaban J connectivity index is 2.01. The third-order valence-corrected chi connectivity index (χ3v) is 2.73. The van der Waals surface area contributed by atoms with Crippen molar-refractivity contribution in [3.63, 3.8) is 0 Å². The van der Waals surface area contributed by atoms with Gasteiger partial charge in [0.2, 0.25) is 0 Å². The van der Waals surface area contributed by atoms with Crippen molar-refractivity contribution >= 4 is 5.82 Å².